The average Bonchev–Trinajstić information content (AvgIpc) is 1.64. The second-order valence-electron chi connectivity index (χ2n) is 3.59. The Morgan fingerprint density at radius 3 is 2.00 bits per heavy atom. The zero-order chi connectivity index (χ0) is 7.49. The highest BCUT2D eigenvalue weighted by atomic mass is 28.3. The maximum atomic E-state index is 4.09. The van der Waals surface area contributed by atoms with Crippen LogP contribution in [0.3, 0.4) is 0 Å². The summed E-state index contributed by atoms with van der Waals surface area (Å²) in [5.41, 5.74) is 0.634. The van der Waals surface area contributed by atoms with E-state index in [9.17, 15) is 0 Å². The molecule has 0 aliphatic heterocycles. The lowest BCUT2D eigenvalue weighted by molar-refractivity contribution is 0.992. The molecule has 1 radical (unpaired) electrons. The van der Waals surface area contributed by atoms with Gasteiger partial charge in [-0.05, 0) is 12.0 Å². The van der Waals surface area contributed by atoms with Crippen LogP contribution in [0, 0.1) is 6.92 Å². The quantitative estimate of drug-likeness (QED) is 0.418. The minimum atomic E-state index is -0.964. The Labute approximate surface area is 60.0 Å². The van der Waals surface area contributed by atoms with Crippen molar-refractivity contribution < 1.29 is 0 Å². The number of hydrogen-bond acceptors (Lipinski definition) is 0. The molecular weight excluding hydrogens is 124 g/mol. The van der Waals surface area contributed by atoms with Crippen LogP contribution in [-0.4, -0.2) is 8.07 Å². The molecule has 0 saturated heterocycles. The Hall–Kier alpha value is -0.0431. The lowest BCUT2D eigenvalue weighted by Crippen LogP contribution is -2.25. The van der Waals surface area contributed by atoms with Crippen molar-refractivity contribution >= 4 is 8.07 Å². The highest BCUT2D eigenvalue weighted by Gasteiger charge is 2.20. The number of rotatable bonds is 3. The van der Waals surface area contributed by atoms with E-state index in [1.165, 1.54) is 0 Å². The normalized spacial score (nSPS) is 15.1. The zero-order valence-electron chi connectivity index (χ0n) is 6.78. The third-order valence-corrected chi connectivity index (χ3v) is 4.36. The van der Waals surface area contributed by atoms with Gasteiger partial charge in [0.15, 0.2) is 0 Å². The first kappa shape index (κ1) is 8.96. The lowest BCUT2D eigenvalue weighted by Gasteiger charge is -2.23. The van der Waals surface area contributed by atoms with Crippen molar-refractivity contribution in [1.29, 1.82) is 0 Å². The van der Waals surface area contributed by atoms with Crippen molar-refractivity contribution in [1.82, 2.24) is 0 Å². The number of hydrogen-bond donors (Lipinski definition) is 0. The molecule has 9 heavy (non-hydrogen) atoms. The van der Waals surface area contributed by atoms with Gasteiger partial charge in [0.05, 0.1) is 0 Å². The van der Waals surface area contributed by atoms with Crippen LogP contribution in [0.4, 0.5) is 0 Å². The minimum Gasteiger partial charge on any atom is -0.103 e. The largest absolute Gasteiger partial charge is 0.103 e. The second-order valence-corrected chi connectivity index (χ2v) is 9.14. The smallest absolute Gasteiger partial charge is 0.0476 e. The fourth-order valence-corrected chi connectivity index (χ4v) is 1.43. The molecule has 0 fully saturated rings. The maximum absolute atomic E-state index is 4.09. The van der Waals surface area contributed by atoms with E-state index in [1.807, 2.05) is 6.08 Å². The van der Waals surface area contributed by atoms with Crippen molar-refractivity contribution in [3.63, 3.8) is 0 Å². The lowest BCUT2D eigenvalue weighted by atomic mass is 10.3. The second kappa shape index (κ2) is 3.21. The van der Waals surface area contributed by atoms with Crippen LogP contribution < -0.4 is 0 Å². The van der Waals surface area contributed by atoms with Crippen LogP contribution >= 0.6 is 0 Å². The predicted molar refractivity (Wildman–Crippen MR) is 47.3 cm³/mol. The minimum absolute atomic E-state index is 0.634. The molecule has 1 heteroatoms. The Kier molecular flexibility index (Phi) is 3.19. The fraction of sp³-hybridized carbons (Fsp3) is 0.625. The molecule has 0 N–H and O–H groups in total. The summed E-state index contributed by atoms with van der Waals surface area (Å²) in [5.74, 6) is 0. The third kappa shape index (κ3) is 3.52. The standard InChI is InChI=1S/C8H17Si/c1-6-7-8(2)9(3,4)5/h6,8H,1-2,7H2,3-5H3. The third-order valence-electron chi connectivity index (χ3n) is 1.68. The summed E-state index contributed by atoms with van der Waals surface area (Å²) in [6, 6.07) is 0. The Morgan fingerprint density at radius 1 is 1.44 bits per heavy atom. The van der Waals surface area contributed by atoms with Gasteiger partial charge in [0.1, 0.15) is 0 Å². The van der Waals surface area contributed by atoms with E-state index < -0.39 is 8.07 Å². The van der Waals surface area contributed by atoms with Crippen LogP contribution in [0.1, 0.15) is 6.42 Å². The molecule has 1 atom stereocenters. The average molecular weight is 141 g/mol. The van der Waals surface area contributed by atoms with Crippen LogP contribution in [-0.2, 0) is 0 Å². The van der Waals surface area contributed by atoms with Gasteiger partial charge < -0.3 is 0 Å². The molecule has 0 rings (SSSR count). The summed E-state index contributed by atoms with van der Waals surface area (Å²) >= 11 is 0. The van der Waals surface area contributed by atoms with Gasteiger partial charge in [-0.1, -0.05) is 32.6 Å². The molecule has 1 unspecified atom stereocenters. The molecule has 0 bridgehead atoms. The molecule has 0 aliphatic carbocycles. The van der Waals surface area contributed by atoms with Gasteiger partial charge >= 0.3 is 0 Å². The predicted octanol–water partition coefficient (Wildman–Crippen LogP) is 3.10. The molecule has 0 aliphatic rings. The Bertz CT molecular complexity index is 89.2. The van der Waals surface area contributed by atoms with E-state index in [0.717, 1.165) is 6.42 Å². The molecule has 0 aromatic heterocycles. The molecule has 0 spiro atoms. The van der Waals surface area contributed by atoms with E-state index in [1.54, 1.807) is 0 Å². The first-order valence-corrected chi connectivity index (χ1v) is 7.00. The van der Waals surface area contributed by atoms with E-state index in [4.69, 9.17) is 0 Å². The molecule has 0 saturated carbocycles. The van der Waals surface area contributed by atoms with Gasteiger partial charge in [0, 0.05) is 8.07 Å². The van der Waals surface area contributed by atoms with Gasteiger partial charge in [-0.15, -0.1) is 6.58 Å². The summed E-state index contributed by atoms with van der Waals surface area (Å²) in [6.45, 7) is 14.8. The van der Waals surface area contributed by atoms with Crippen molar-refractivity contribution in [3.05, 3.63) is 19.6 Å². The van der Waals surface area contributed by atoms with E-state index >= 15 is 0 Å². The van der Waals surface area contributed by atoms with E-state index in [0.29, 0.717) is 5.54 Å². The SMILES string of the molecule is [CH2]C(CC=C)[Si](C)(C)C. The fourth-order valence-electron chi connectivity index (χ4n) is 0.555. The number of allylic oxidation sites excluding steroid dienone is 1. The van der Waals surface area contributed by atoms with Gasteiger partial charge in [-0.25, -0.2) is 0 Å². The molecule has 0 nitrogen and oxygen atoms in total. The summed E-state index contributed by atoms with van der Waals surface area (Å²) in [5, 5.41) is 0. The van der Waals surface area contributed by atoms with Gasteiger partial charge in [0.25, 0.3) is 0 Å². The summed E-state index contributed by atoms with van der Waals surface area (Å²) in [6.07, 6.45) is 3.05. The first-order valence-electron chi connectivity index (χ1n) is 3.42. The highest BCUT2D eigenvalue weighted by Crippen LogP contribution is 2.23. The molecule has 0 aromatic rings. The molecule has 0 amide bonds. The van der Waals surface area contributed by atoms with Gasteiger partial charge in [-0.2, -0.15) is 0 Å². The Balaban J connectivity index is 3.72. The Morgan fingerprint density at radius 2 is 1.89 bits per heavy atom. The summed E-state index contributed by atoms with van der Waals surface area (Å²) in [4.78, 5) is 0. The topological polar surface area (TPSA) is 0 Å². The summed E-state index contributed by atoms with van der Waals surface area (Å²) in [7, 11) is -0.964. The van der Waals surface area contributed by atoms with Crippen molar-refractivity contribution in [2.45, 2.75) is 31.6 Å². The molecule has 53 valence electrons. The molecular formula is C8H17Si. The van der Waals surface area contributed by atoms with Crippen LogP contribution in [0.15, 0.2) is 12.7 Å². The maximum Gasteiger partial charge on any atom is 0.0476 e. The first-order chi connectivity index (χ1) is 3.98. The van der Waals surface area contributed by atoms with Gasteiger partial charge in [0.2, 0.25) is 0 Å². The van der Waals surface area contributed by atoms with E-state index in [-0.39, 0.29) is 0 Å². The van der Waals surface area contributed by atoms with Crippen LogP contribution in [0.25, 0.3) is 0 Å². The molecule has 0 aromatic carbocycles. The monoisotopic (exact) mass is 141 g/mol. The van der Waals surface area contributed by atoms with Crippen molar-refractivity contribution in [3.8, 4) is 0 Å². The van der Waals surface area contributed by atoms with E-state index in [2.05, 4.69) is 33.1 Å². The summed E-state index contributed by atoms with van der Waals surface area (Å²) < 4.78 is 0. The highest BCUT2D eigenvalue weighted by molar-refractivity contribution is 6.77. The van der Waals surface area contributed by atoms with Gasteiger partial charge in [-0.3, -0.25) is 0 Å². The van der Waals surface area contributed by atoms with Crippen LogP contribution in [0.2, 0.25) is 25.2 Å². The van der Waals surface area contributed by atoms with Crippen molar-refractivity contribution in [2.24, 2.45) is 0 Å². The molecule has 0 heterocycles. The zero-order valence-corrected chi connectivity index (χ0v) is 7.78. The van der Waals surface area contributed by atoms with Crippen molar-refractivity contribution in [2.75, 3.05) is 0 Å². The van der Waals surface area contributed by atoms with Crippen LogP contribution in [0.5, 0.6) is 0 Å².